The minimum atomic E-state index is -0.986. The van der Waals surface area contributed by atoms with E-state index < -0.39 is 5.97 Å². The third-order valence-corrected chi connectivity index (χ3v) is 4.71. The number of furan rings is 1. The van der Waals surface area contributed by atoms with E-state index in [1.165, 1.54) is 12.1 Å². The topological polar surface area (TPSA) is 103 Å². The molecule has 1 saturated carbocycles. The van der Waals surface area contributed by atoms with Crippen LogP contribution >= 0.6 is 0 Å². The number of aromatic carboxylic acids is 1. The van der Waals surface area contributed by atoms with E-state index in [0.717, 1.165) is 36.8 Å². The number of nitrogens with one attached hydrogen (secondary N) is 1. The van der Waals surface area contributed by atoms with Gasteiger partial charge in [-0.1, -0.05) is 18.9 Å². The highest BCUT2D eigenvalue weighted by Crippen LogP contribution is 2.27. The average Bonchev–Trinajstić information content (AvgIpc) is 3.31. The van der Waals surface area contributed by atoms with Gasteiger partial charge in [0.25, 0.3) is 5.91 Å². The Morgan fingerprint density at radius 3 is 2.63 bits per heavy atom. The molecule has 138 valence electrons. The zero-order valence-corrected chi connectivity index (χ0v) is 15.0. The Bertz CT molecular complexity index is 943. The van der Waals surface area contributed by atoms with Gasteiger partial charge in [-0.25, -0.2) is 4.79 Å². The third kappa shape index (κ3) is 4.26. The van der Waals surface area contributed by atoms with E-state index in [-0.39, 0.29) is 23.1 Å². The number of carboxylic acids is 1. The van der Waals surface area contributed by atoms with E-state index in [0.29, 0.717) is 11.5 Å². The van der Waals surface area contributed by atoms with Gasteiger partial charge in [-0.2, -0.15) is 5.26 Å². The molecule has 2 N–H and O–H groups in total. The van der Waals surface area contributed by atoms with E-state index in [4.69, 9.17) is 9.52 Å². The molecule has 27 heavy (non-hydrogen) atoms. The first-order chi connectivity index (χ1) is 13.0. The molecule has 1 aliphatic rings. The molecule has 0 spiro atoms. The number of carbonyl (C=O) groups excluding carboxylic acids is 1. The van der Waals surface area contributed by atoms with Gasteiger partial charge in [-0.05, 0) is 49.6 Å². The van der Waals surface area contributed by atoms with Gasteiger partial charge in [-0.15, -0.1) is 0 Å². The highest BCUT2D eigenvalue weighted by atomic mass is 16.4. The van der Waals surface area contributed by atoms with Crippen LogP contribution in [0.1, 0.15) is 47.4 Å². The second-order valence-electron chi connectivity index (χ2n) is 6.66. The van der Waals surface area contributed by atoms with Crippen molar-refractivity contribution in [1.29, 1.82) is 5.26 Å². The summed E-state index contributed by atoms with van der Waals surface area (Å²) in [6.45, 7) is 1.80. The van der Waals surface area contributed by atoms with Crippen molar-refractivity contribution in [1.82, 2.24) is 5.32 Å². The fourth-order valence-electron chi connectivity index (χ4n) is 3.27. The molecule has 1 aromatic heterocycles. The van der Waals surface area contributed by atoms with Crippen molar-refractivity contribution < 1.29 is 19.1 Å². The van der Waals surface area contributed by atoms with Gasteiger partial charge in [0.15, 0.2) is 0 Å². The smallest absolute Gasteiger partial charge is 0.335 e. The van der Waals surface area contributed by atoms with Crippen LogP contribution < -0.4 is 5.32 Å². The Morgan fingerprint density at radius 2 is 2.00 bits per heavy atom. The molecular weight excluding hydrogens is 344 g/mol. The molecule has 0 radical (unpaired) electrons. The predicted molar refractivity (Wildman–Crippen MR) is 99.8 cm³/mol. The average molecular weight is 364 g/mol. The molecule has 0 bridgehead atoms. The van der Waals surface area contributed by atoms with Crippen LogP contribution in [0.3, 0.4) is 0 Å². The van der Waals surface area contributed by atoms with E-state index in [2.05, 4.69) is 5.32 Å². The van der Waals surface area contributed by atoms with Gasteiger partial charge in [0.2, 0.25) is 0 Å². The lowest BCUT2D eigenvalue weighted by molar-refractivity contribution is -0.117. The fourth-order valence-corrected chi connectivity index (χ4v) is 3.27. The van der Waals surface area contributed by atoms with Crippen LogP contribution in [0.5, 0.6) is 0 Å². The van der Waals surface area contributed by atoms with Crippen LogP contribution in [0, 0.1) is 18.3 Å². The number of hydrogen-bond donors (Lipinski definition) is 2. The Hall–Kier alpha value is -3.33. The Balaban J connectivity index is 1.80. The molecule has 0 aliphatic heterocycles. The first kappa shape index (κ1) is 18.5. The van der Waals surface area contributed by atoms with Crippen molar-refractivity contribution in [2.45, 2.75) is 38.6 Å². The molecule has 2 aromatic rings. The van der Waals surface area contributed by atoms with Crippen LogP contribution in [0.25, 0.3) is 17.4 Å². The lowest BCUT2D eigenvalue weighted by Gasteiger charge is -2.10. The largest absolute Gasteiger partial charge is 0.478 e. The Morgan fingerprint density at radius 1 is 1.26 bits per heavy atom. The lowest BCUT2D eigenvalue weighted by atomic mass is 10.0. The molecule has 0 saturated heterocycles. The van der Waals surface area contributed by atoms with Gasteiger partial charge >= 0.3 is 5.97 Å². The van der Waals surface area contributed by atoms with Crippen molar-refractivity contribution in [2.75, 3.05) is 0 Å². The molecule has 1 fully saturated rings. The third-order valence-electron chi connectivity index (χ3n) is 4.71. The van der Waals surface area contributed by atoms with E-state index in [1.54, 1.807) is 31.2 Å². The zero-order chi connectivity index (χ0) is 19.4. The highest BCUT2D eigenvalue weighted by molar-refractivity contribution is 6.01. The monoisotopic (exact) mass is 364 g/mol. The van der Waals surface area contributed by atoms with Crippen molar-refractivity contribution in [2.24, 2.45) is 0 Å². The molecule has 1 heterocycles. The normalized spacial score (nSPS) is 14.7. The lowest BCUT2D eigenvalue weighted by Crippen LogP contribution is -2.33. The summed E-state index contributed by atoms with van der Waals surface area (Å²) >= 11 is 0. The second kappa shape index (κ2) is 7.92. The molecule has 1 aliphatic carbocycles. The minimum Gasteiger partial charge on any atom is -0.478 e. The maximum Gasteiger partial charge on any atom is 0.335 e. The summed E-state index contributed by atoms with van der Waals surface area (Å²) in [5, 5.41) is 21.2. The number of hydrogen-bond acceptors (Lipinski definition) is 4. The number of amides is 1. The van der Waals surface area contributed by atoms with Crippen LogP contribution in [-0.4, -0.2) is 23.0 Å². The number of carbonyl (C=O) groups is 2. The molecule has 6 nitrogen and oxygen atoms in total. The van der Waals surface area contributed by atoms with E-state index >= 15 is 0 Å². The summed E-state index contributed by atoms with van der Waals surface area (Å²) < 4.78 is 5.75. The number of nitriles is 1. The van der Waals surface area contributed by atoms with Crippen LogP contribution in [0.2, 0.25) is 0 Å². The number of carboxylic acid groups (broad SMARTS) is 1. The summed E-state index contributed by atoms with van der Waals surface area (Å²) in [4.78, 5) is 23.3. The molecule has 6 heteroatoms. The van der Waals surface area contributed by atoms with Crippen molar-refractivity contribution >= 4 is 18.0 Å². The Labute approximate surface area is 157 Å². The molecule has 1 aromatic carbocycles. The molecular formula is C21H20N2O4. The Kier molecular flexibility index (Phi) is 5.41. The first-order valence-electron chi connectivity index (χ1n) is 8.84. The van der Waals surface area contributed by atoms with E-state index in [1.807, 2.05) is 6.07 Å². The maximum absolute atomic E-state index is 12.3. The maximum atomic E-state index is 12.3. The molecule has 3 rings (SSSR count). The summed E-state index contributed by atoms with van der Waals surface area (Å²) in [7, 11) is 0. The quantitative estimate of drug-likeness (QED) is 0.618. The van der Waals surface area contributed by atoms with Crippen LogP contribution in [-0.2, 0) is 4.79 Å². The van der Waals surface area contributed by atoms with Crippen molar-refractivity contribution in [3.05, 3.63) is 52.8 Å². The number of nitrogens with zero attached hydrogens (tertiary/aromatic N) is 1. The summed E-state index contributed by atoms with van der Waals surface area (Å²) in [5.74, 6) is -0.432. The standard InChI is InChI=1S/C21H20N2O4/c1-13-10-14(21(25)26)6-8-18(13)19-9-7-17(27-19)11-15(12-22)20(24)23-16-4-2-3-5-16/h6-11,16H,2-5H2,1H3,(H,23,24)(H,25,26)/b15-11-. The van der Waals surface area contributed by atoms with Gasteiger partial charge in [0, 0.05) is 17.7 Å². The zero-order valence-electron chi connectivity index (χ0n) is 15.0. The summed E-state index contributed by atoms with van der Waals surface area (Å²) in [5.41, 5.74) is 1.73. The van der Waals surface area contributed by atoms with Crippen molar-refractivity contribution in [3.8, 4) is 17.4 Å². The van der Waals surface area contributed by atoms with Gasteiger partial charge < -0.3 is 14.8 Å². The minimum absolute atomic E-state index is 0.000692. The fraction of sp³-hybridized carbons (Fsp3) is 0.286. The summed E-state index contributed by atoms with van der Waals surface area (Å²) in [6, 6.07) is 10.3. The predicted octanol–water partition coefficient (Wildman–Crippen LogP) is 3.92. The molecule has 1 amide bonds. The van der Waals surface area contributed by atoms with Crippen molar-refractivity contribution in [3.63, 3.8) is 0 Å². The SMILES string of the molecule is Cc1cc(C(=O)O)ccc1-c1ccc(/C=C(/C#N)C(=O)NC2CCCC2)o1. The van der Waals surface area contributed by atoms with Crippen LogP contribution in [0.15, 0.2) is 40.3 Å². The highest BCUT2D eigenvalue weighted by Gasteiger charge is 2.19. The van der Waals surface area contributed by atoms with Crippen LogP contribution in [0.4, 0.5) is 0 Å². The molecule has 0 unspecified atom stereocenters. The van der Waals surface area contributed by atoms with Gasteiger partial charge in [0.05, 0.1) is 5.56 Å². The molecule has 0 atom stereocenters. The number of aryl methyl sites for hydroxylation is 1. The second-order valence-corrected chi connectivity index (χ2v) is 6.66. The number of rotatable bonds is 5. The summed E-state index contributed by atoms with van der Waals surface area (Å²) in [6.07, 6.45) is 5.51. The first-order valence-corrected chi connectivity index (χ1v) is 8.84. The van der Waals surface area contributed by atoms with Gasteiger partial charge in [-0.3, -0.25) is 4.79 Å². The van der Waals surface area contributed by atoms with Gasteiger partial charge in [0.1, 0.15) is 23.2 Å². The number of benzene rings is 1. The van der Waals surface area contributed by atoms with E-state index in [9.17, 15) is 14.9 Å².